The molecular weight excluding hydrogens is 214 g/mol. The number of hydrogen-bond donors (Lipinski definition) is 1. The molecule has 0 fully saturated rings. The predicted octanol–water partition coefficient (Wildman–Crippen LogP) is 1.59. The van der Waals surface area contributed by atoms with Crippen molar-refractivity contribution in [3.8, 4) is 0 Å². The molecule has 1 aromatic heterocycles. The zero-order chi connectivity index (χ0) is 12.7. The van der Waals surface area contributed by atoms with E-state index in [0.29, 0.717) is 18.8 Å². The van der Waals surface area contributed by atoms with Gasteiger partial charge in [0.1, 0.15) is 5.69 Å². The molecule has 2 N–H and O–H groups in total. The summed E-state index contributed by atoms with van der Waals surface area (Å²) in [7, 11) is 0. The summed E-state index contributed by atoms with van der Waals surface area (Å²) in [6.45, 7) is 5.84. The van der Waals surface area contributed by atoms with Gasteiger partial charge in [-0.05, 0) is 25.0 Å². The molecule has 0 atom stereocenters. The van der Waals surface area contributed by atoms with Gasteiger partial charge in [-0.15, -0.1) is 0 Å². The van der Waals surface area contributed by atoms with Crippen molar-refractivity contribution in [3.63, 3.8) is 0 Å². The van der Waals surface area contributed by atoms with E-state index >= 15 is 0 Å². The zero-order valence-corrected chi connectivity index (χ0v) is 10.6. The Morgan fingerprint density at radius 3 is 2.82 bits per heavy atom. The molecule has 0 radical (unpaired) electrons. The first-order valence-electron chi connectivity index (χ1n) is 6.11. The second-order valence-corrected chi connectivity index (χ2v) is 4.10. The van der Waals surface area contributed by atoms with Crippen LogP contribution < -0.4 is 5.73 Å². The molecular formula is C13H21N3O. The Morgan fingerprint density at radius 1 is 1.47 bits per heavy atom. The Labute approximate surface area is 103 Å². The van der Waals surface area contributed by atoms with Gasteiger partial charge in [0.2, 0.25) is 0 Å². The van der Waals surface area contributed by atoms with Crippen LogP contribution >= 0.6 is 0 Å². The van der Waals surface area contributed by atoms with Crippen molar-refractivity contribution in [1.29, 1.82) is 0 Å². The molecule has 1 aromatic rings. The number of amides is 1. The largest absolute Gasteiger partial charge is 0.336 e. The summed E-state index contributed by atoms with van der Waals surface area (Å²) in [6.07, 6.45) is 3.72. The number of hydrogen-bond acceptors (Lipinski definition) is 3. The highest BCUT2D eigenvalue weighted by Crippen LogP contribution is 2.08. The molecule has 0 saturated heterocycles. The van der Waals surface area contributed by atoms with Gasteiger partial charge >= 0.3 is 0 Å². The molecule has 0 spiro atoms. The highest BCUT2D eigenvalue weighted by atomic mass is 16.2. The van der Waals surface area contributed by atoms with E-state index < -0.39 is 0 Å². The first-order valence-corrected chi connectivity index (χ1v) is 6.11. The smallest absolute Gasteiger partial charge is 0.272 e. The van der Waals surface area contributed by atoms with E-state index in [1.165, 1.54) is 0 Å². The van der Waals surface area contributed by atoms with E-state index in [9.17, 15) is 4.79 Å². The third-order valence-electron chi connectivity index (χ3n) is 2.68. The Hall–Kier alpha value is -1.42. The molecule has 0 aliphatic heterocycles. The van der Waals surface area contributed by atoms with Gasteiger partial charge in [-0.25, -0.2) is 0 Å². The van der Waals surface area contributed by atoms with Crippen molar-refractivity contribution in [1.82, 2.24) is 9.88 Å². The maximum atomic E-state index is 12.3. The van der Waals surface area contributed by atoms with Gasteiger partial charge in [-0.2, -0.15) is 0 Å². The first kappa shape index (κ1) is 13.6. The van der Waals surface area contributed by atoms with Gasteiger partial charge in [-0.1, -0.05) is 19.4 Å². The molecule has 4 heteroatoms. The SMILES string of the molecule is CCCCN(CCN)C(=O)c1ncccc1C. The van der Waals surface area contributed by atoms with Gasteiger partial charge in [0.25, 0.3) is 5.91 Å². The zero-order valence-electron chi connectivity index (χ0n) is 10.6. The van der Waals surface area contributed by atoms with Crippen LogP contribution in [0.2, 0.25) is 0 Å². The summed E-state index contributed by atoms with van der Waals surface area (Å²) in [5.74, 6) is -0.0120. The van der Waals surface area contributed by atoms with Crippen LogP contribution in [0, 0.1) is 6.92 Å². The summed E-state index contributed by atoms with van der Waals surface area (Å²) in [5, 5.41) is 0. The highest BCUT2D eigenvalue weighted by molar-refractivity contribution is 5.93. The van der Waals surface area contributed by atoms with E-state index in [0.717, 1.165) is 24.9 Å². The van der Waals surface area contributed by atoms with Crippen molar-refractivity contribution in [2.24, 2.45) is 5.73 Å². The van der Waals surface area contributed by atoms with Crippen molar-refractivity contribution < 1.29 is 4.79 Å². The number of pyridine rings is 1. The molecule has 4 nitrogen and oxygen atoms in total. The number of aryl methyl sites for hydroxylation is 1. The molecule has 1 heterocycles. The van der Waals surface area contributed by atoms with Crippen molar-refractivity contribution in [2.75, 3.05) is 19.6 Å². The molecule has 0 aliphatic rings. The van der Waals surface area contributed by atoms with Crippen LogP contribution in [0.25, 0.3) is 0 Å². The highest BCUT2D eigenvalue weighted by Gasteiger charge is 2.17. The van der Waals surface area contributed by atoms with Crippen LogP contribution in [-0.4, -0.2) is 35.4 Å². The second-order valence-electron chi connectivity index (χ2n) is 4.10. The molecule has 0 unspecified atom stereocenters. The van der Waals surface area contributed by atoms with Gasteiger partial charge in [0.05, 0.1) is 0 Å². The van der Waals surface area contributed by atoms with Crippen LogP contribution in [0.3, 0.4) is 0 Å². The van der Waals surface area contributed by atoms with Crippen LogP contribution in [0.1, 0.15) is 35.8 Å². The lowest BCUT2D eigenvalue weighted by molar-refractivity contribution is 0.0751. The topological polar surface area (TPSA) is 59.2 Å². The molecule has 94 valence electrons. The molecule has 1 amide bonds. The lowest BCUT2D eigenvalue weighted by Gasteiger charge is -2.22. The predicted molar refractivity (Wildman–Crippen MR) is 68.8 cm³/mol. The van der Waals surface area contributed by atoms with Crippen LogP contribution in [0.5, 0.6) is 0 Å². The second kappa shape index (κ2) is 7.01. The quantitative estimate of drug-likeness (QED) is 0.814. The fraction of sp³-hybridized carbons (Fsp3) is 0.538. The van der Waals surface area contributed by atoms with Gasteiger partial charge in [0.15, 0.2) is 0 Å². The van der Waals surface area contributed by atoms with Gasteiger partial charge < -0.3 is 10.6 Å². The average Bonchev–Trinajstić information content (AvgIpc) is 2.34. The number of rotatable bonds is 6. The van der Waals surface area contributed by atoms with Gasteiger partial charge in [0, 0.05) is 25.8 Å². The molecule has 0 aromatic carbocycles. The third-order valence-corrected chi connectivity index (χ3v) is 2.68. The monoisotopic (exact) mass is 235 g/mol. The Bertz CT molecular complexity index is 365. The summed E-state index contributed by atoms with van der Waals surface area (Å²) in [4.78, 5) is 18.2. The summed E-state index contributed by atoms with van der Waals surface area (Å²) < 4.78 is 0. The molecule has 1 rings (SSSR count). The number of carbonyl (C=O) groups excluding carboxylic acids is 1. The third kappa shape index (κ3) is 3.82. The van der Waals surface area contributed by atoms with Crippen LogP contribution in [-0.2, 0) is 0 Å². The fourth-order valence-corrected chi connectivity index (χ4v) is 1.68. The summed E-state index contributed by atoms with van der Waals surface area (Å²) in [5.41, 5.74) is 6.99. The van der Waals surface area contributed by atoms with Crippen molar-refractivity contribution in [3.05, 3.63) is 29.6 Å². The number of nitrogens with zero attached hydrogens (tertiary/aromatic N) is 2. The van der Waals surface area contributed by atoms with E-state index in [1.54, 1.807) is 11.1 Å². The van der Waals surface area contributed by atoms with Gasteiger partial charge in [-0.3, -0.25) is 9.78 Å². The molecule has 0 aliphatic carbocycles. The van der Waals surface area contributed by atoms with Crippen molar-refractivity contribution >= 4 is 5.91 Å². The Kier molecular flexibility index (Phi) is 5.63. The van der Waals surface area contributed by atoms with Crippen LogP contribution in [0.15, 0.2) is 18.3 Å². The van der Waals surface area contributed by atoms with E-state index in [2.05, 4.69) is 11.9 Å². The maximum absolute atomic E-state index is 12.3. The molecule has 0 bridgehead atoms. The number of unbranched alkanes of at least 4 members (excludes halogenated alkanes) is 1. The lowest BCUT2D eigenvalue weighted by Crippen LogP contribution is -2.37. The lowest BCUT2D eigenvalue weighted by atomic mass is 10.2. The minimum Gasteiger partial charge on any atom is -0.336 e. The normalized spacial score (nSPS) is 10.3. The Balaban J connectivity index is 2.80. The number of nitrogens with two attached hydrogens (primary N) is 1. The van der Waals surface area contributed by atoms with E-state index in [1.807, 2.05) is 19.1 Å². The molecule has 17 heavy (non-hydrogen) atoms. The molecule has 0 saturated carbocycles. The first-order chi connectivity index (χ1) is 8.20. The van der Waals surface area contributed by atoms with E-state index in [-0.39, 0.29) is 5.91 Å². The van der Waals surface area contributed by atoms with Crippen LogP contribution in [0.4, 0.5) is 0 Å². The summed E-state index contributed by atoms with van der Waals surface area (Å²) in [6, 6.07) is 3.74. The minimum absolute atomic E-state index is 0.0120. The maximum Gasteiger partial charge on any atom is 0.272 e. The fourth-order valence-electron chi connectivity index (χ4n) is 1.68. The summed E-state index contributed by atoms with van der Waals surface area (Å²) >= 11 is 0. The standard InChI is InChI=1S/C13H21N3O/c1-3-4-9-16(10-7-14)13(17)12-11(2)6-5-8-15-12/h5-6,8H,3-4,7,9-10,14H2,1-2H3. The number of aromatic nitrogens is 1. The number of carbonyl (C=O) groups is 1. The van der Waals surface area contributed by atoms with Crippen molar-refractivity contribution in [2.45, 2.75) is 26.7 Å². The minimum atomic E-state index is -0.0120. The average molecular weight is 235 g/mol. The van der Waals surface area contributed by atoms with E-state index in [4.69, 9.17) is 5.73 Å². The Morgan fingerprint density at radius 2 is 2.24 bits per heavy atom.